The van der Waals surface area contributed by atoms with Gasteiger partial charge in [-0.05, 0) is 16.4 Å². The highest BCUT2D eigenvalue weighted by molar-refractivity contribution is 5.87. The minimum absolute atomic E-state index is 0.168. The average molecular weight is 426 g/mol. The molecule has 3 rings (SSSR count). The minimum Gasteiger partial charge on any atom is -0.365 e. The number of halogens is 5. The third kappa shape index (κ3) is 3.48. The van der Waals surface area contributed by atoms with Gasteiger partial charge in [-0.3, -0.25) is 0 Å². The fourth-order valence-electron chi connectivity index (χ4n) is 3.11. The second-order valence-corrected chi connectivity index (χ2v) is 9.22. The van der Waals surface area contributed by atoms with Crippen LogP contribution in [0.5, 0.6) is 5.75 Å². The average Bonchev–Trinajstić information content (AvgIpc) is 2.94. The van der Waals surface area contributed by atoms with E-state index in [0.29, 0.717) is 11.8 Å². The molecule has 1 amide bonds. The van der Waals surface area contributed by atoms with Crippen molar-refractivity contribution in [3.63, 3.8) is 0 Å². The molecule has 2 aromatic carbocycles. The molecule has 0 aromatic heterocycles. The van der Waals surface area contributed by atoms with Crippen LogP contribution >= 0.6 is 0 Å². The molecule has 0 spiro atoms. The monoisotopic (exact) mass is 426 g/mol. The number of nitrogens with zero attached hydrogens (tertiary/aromatic N) is 1. The summed E-state index contributed by atoms with van der Waals surface area (Å²) in [6.07, 6.45) is -0.436. The molecule has 0 fully saturated rings. The Bertz CT molecular complexity index is 1080. The first-order valence-electron chi connectivity index (χ1n) is 9.21. The third-order valence-electron chi connectivity index (χ3n) is 4.89. The Morgan fingerprint density at radius 2 is 1.30 bits per heavy atom. The number of carbonyl (C=O) groups excluding carboxylic acids is 1. The van der Waals surface area contributed by atoms with Crippen molar-refractivity contribution in [2.24, 2.45) is 0 Å². The Morgan fingerprint density at radius 3 is 1.77 bits per heavy atom. The smallest absolute Gasteiger partial charge is 0.365 e. The zero-order valence-electron chi connectivity index (χ0n) is 17.4. The van der Waals surface area contributed by atoms with Crippen LogP contribution in [0.3, 0.4) is 0 Å². The van der Waals surface area contributed by atoms with Gasteiger partial charge in [-0.1, -0.05) is 52.2 Å². The van der Waals surface area contributed by atoms with Crippen molar-refractivity contribution in [1.82, 2.24) is 0 Å². The Balaban J connectivity index is 2.35. The van der Waals surface area contributed by atoms with E-state index in [1.54, 1.807) is 6.07 Å². The number of hydrogen-bond acceptors (Lipinski definition) is 2. The predicted octanol–water partition coefficient (Wildman–Crippen LogP) is 6.25. The summed E-state index contributed by atoms with van der Waals surface area (Å²) in [7, 11) is 0. The summed E-state index contributed by atoms with van der Waals surface area (Å²) in [5.74, 6) is -10.3. The van der Waals surface area contributed by atoms with Crippen LogP contribution in [0.4, 0.5) is 32.4 Å². The molecular formula is C22H21F5NO2+. The standard InChI is InChI=1S/C22H21F5NO2/c1-21(2,3)10-7-12(22(4,5)6)19-13(8-10)28(20(29)30-19)9-11-14(23)16(25)18(27)17(26)15(11)24/h7-9H,1-6H3/q+1/b28-9+. The Morgan fingerprint density at radius 1 is 0.800 bits per heavy atom. The van der Waals surface area contributed by atoms with Gasteiger partial charge in [0.15, 0.2) is 29.5 Å². The van der Waals surface area contributed by atoms with Crippen molar-refractivity contribution in [3.8, 4) is 5.75 Å². The molecule has 0 saturated carbocycles. The van der Waals surface area contributed by atoms with E-state index in [2.05, 4.69) is 0 Å². The molecule has 1 heterocycles. The van der Waals surface area contributed by atoms with Crippen molar-refractivity contribution in [2.45, 2.75) is 52.4 Å². The SMILES string of the molecule is CC(C)(C)c1cc2c(c(C(C)(C)C)c1)OC(=O)/[N+]2=C/c1c(F)c(F)c(F)c(F)c1F. The van der Waals surface area contributed by atoms with Crippen LogP contribution < -0.4 is 4.74 Å². The Kier molecular flexibility index (Phi) is 5.04. The molecule has 0 N–H and O–H groups in total. The fourth-order valence-corrected chi connectivity index (χ4v) is 3.11. The van der Waals surface area contributed by atoms with Crippen molar-refractivity contribution >= 4 is 18.0 Å². The van der Waals surface area contributed by atoms with Crippen LogP contribution in [0.15, 0.2) is 12.1 Å². The number of hydrogen-bond donors (Lipinski definition) is 0. The summed E-state index contributed by atoms with van der Waals surface area (Å²) in [5, 5.41) is 0. The van der Waals surface area contributed by atoms with Gasteiger partial charge >= 0.3 is 6.09 Å². The number of rotatable bonds is 1. The molecule has 2 aromatic rings. The Labute approximate surface area is 170 Å². The fraction of sp³-hybridized carbons (Fsp3) is 0.364. The van der Waals surface area contributed by atoms with Crippen molar-refractivity contribution < 1.29 is 36.1 Å². The lowest BCUT2D eigenvalue weighted by molar-refractivity contribution is -0.328. The molecule has 0 atom stereocenters. The second kappa shape index (κ2) is 6.89. The van der Waals surface area contributed by atoms with Crippen LogP contribution in [-0.2, 0) is 10.8 Å². The predicted molar refractivity (Wildman–Crippen MR) is 101 cm³/mol. The molecule has 1 aliphatic rings. The zero-order valence-corrected chi connectivity index (χ0v) is 17.4. The lowest BCUT2D eigenvalue weighted by Crippen LogP contribution is -2.17. The first-order valence-corrected chi connectivity index (χ1v) is 9.21. The minimum atomic E-state index is -2.27. The number of ether oxygens (including phenoxy) is 1. The van der Waals surface area contributed by atoms with Crippen molar-refractivity contribution in [3.05, 3.63) is 57.9 Å². The molecule has 3 nitrogen and oxygen atoms in total. The highest BCUT2D eigenvalue weighted by atomic mass is 19.2. The second-order valence-electron chi connectivity index (χ2n) is 9.22. The van der Waals surface area contributed by atoms with Crippen molar-refractivity contribution in [2.75, 3.05) is 0 Å². The van der Waals surface area contributed by atoms with Crippen LogP contribution in [0, 0.1) is 29.1 Å². The van der Waals surface area contributed by atoms with Crippen molar-refractivity contribution in [1.29, 1.82) is 0 Å². The quantitative estimate of drug-likeness (QED) is 0.233. The van der Waals surface area contributed by atoms with E-state index in [1.807, 2.05) is 47.6 Å². The van der Waals surface area contributed by atoms with Crippen LogP contribution in [0.2, 0.25) is 0 Å². The largest absolute Gasteiger partial charge is 0.608 e. The number of benzene rings is 2. The lowest BCUT2D eigenvalue weighted by atomic mass is 9.80. The van der Waals surface area contributed by atoms with E-state index in [0.717, 1.165) is 10.1 Å². The van der Waals surface area contributed by atoms with E-state index in [-0.39, 0.29) is 16.9 Å². The molecule has 160 valence electrons. The molecule has 0 aliphatic carbocycles. The molecule has 30 heavy (non-hydrogen) atoms. The summed E-state index contributed by atoms with van der Waals surface area (Å²) in [6, 6.07) is 3.49. The van der Waals surface area contributed by atoms with E-state index in [4.69, 9.17) is 4.74 Å². The maximum Gasteiger partial charge on any atom is 0.608 e. The maximum atomic E-state index is 14.2. The van der Waals surface area contributed by atoms with Crippen LogP contribution in [0.1, 0.15) is 58.2 Å². The molecule has 0 saturated heterocycles. The summed E-state index contributed by atoms with van der Waals surface area (Å²) < 4.78 is 75.0. The normalized spacial score (nSPS) is 15.6. The third-order valence-corrected chi connectivity index (χ3v) is 4.89. The molecule has 0 radical (unpaired) electrons. The maximum absolute atomic E-state index is 14.2. The molecular weight excluding hydrogens is 405 g/mol. The summed E-state index contributed by atoms with van der Waals surface area (Å²) >= 11 is 0. The van der Waals surface area contributed by atoms with Gasteiger partial charge in [0, 0.05) is 11.6 Å². The first kappa shape index (κ1) is 21.9. The molecule has 0 bridgehead atoms. The van der Waals surface area contributed by atoms with Gasteiger partial charge in [0.1, 0.15) is 5.56 Å². The van der Waals surface area contributed by atoms with Gasteiger partial charge in [-0.2, -0.15) is 4.79 Å². The zero-order chi connectivity index (χ0) is 22.8. The number of amides is 1. The van der Waals surface area contributed by atoms with Gasteiger partial charge in [-0.15, -0.1) is 0 Å². The Hall–Kier alpha value is -2.77. The van der Waals surface area contributed by atoms with Gasteiger partial charge in [0.25, 0.3) is 5.69 Å². The van der Waals surface area contributed by atoms with Gasteiger partial charge in [0.2, 0.25) is 11.6 Å². The van der Waals surface area contributed by atoms with E-state index in [9.17, 15) is 26.7 Å². The van der Waals surface area contributed by atoms with Gasteiger partial charge < -0.3 is 4.74 Å². The van der Waals surface area contributed by atoms with E-state index >= 15 is 0 Å². The van der Waals surface area contributed by atoms with Crippen LogP contribution in [-0.4, -0.2) is 16.9 Å². The number of carbonyl (C=O) groups is 1. The molecule has 0 unspecified atom stereocenters. The van der Waals surface area contributed by atoms with Gasteiger partial charge in [0.05, 0.1) is 0 Å². The number of fused-ring (bicyclic) bond motifs is 1. The molecule has 8 heteroatoms. The van der Waals surface area contributed by atoms with E-state index < -0.39 is 46.2 Å². The van der Waals surface area contributed by atoms with E-state index in [1.165, 1.54) is 0 Å². The molecule has 1 aliphatic heterocycles. The summed E-state index contributed by atoms with van der Waals surface area (Å²) in [6.45, 7) is 11.5. The van der Waals surface area contributed by atoms with Crippen LogP contribution in [0.25, 0.3) is 0 Å². The first-order chi connectivity index (χ1) is 13.6. The summed E-state index contributed by atoms with van der Waals surface area (Å²) in [4.78, 5) is 12.5. The summed E-state index contributed by atoms with van der Waals surface area (Å²) in [5.41, 5.74) is -0.383. The highest BCUT2D eigenvalue weighted by Gasteiger charge is 2.42. The highest BCUT2D eigenvalue weighted by Crippen LogP contribution is 2.45. The van der Waals surface area contributed by atoms with Gasteiger partial charge in [-0.25, -0.2) is 22.0 Å². The topological polar surface area (TPSA) is 29.3 Å². The lowest BCUT2D eigenvalue weighted by Gasteiger charge is -2.25.